The first-order valence-corrected chi connectivity index (χ1v) is 8.59. The van der Waals surface area contributed by atoms with Gasteiger partial charge in [0, 0.05) is 12.3 Å². The molecule has 0 bridgehead atoms. The average Bonchev–Trinajstić information content (AvgIpc) is 2.73. The molecule has 0 aliphatic rings. The van der Waals surface area contributed by atoms with E-state index < -0.39 is 5.97 Å². The molecule has 0 saturated heterocycles. The number of aliphatic imine (C=N–C) groups is 1. The Balaban J connectivity index is 1.56. The summed E-state index contributed by atoms with van der Waals surface area (Å²) in [5, 5.41) is 9.27. The van der Waals surface area contributed by atoms with Crippen molar-refractivity contribution < 1.29 is 19.4 Å². The highest BCUT2D eigenvalue weighted by atomic mass is 16.5. The van der Waals surface area contributed by atoms with E-state index in [0.717, 1.165) is 22.6 Å². The molecular weight excluding hydrogens is 354 g/mol. The van der Waals surface area contributed by atoms with Gasteiger partial charge in [-0.15, -0.1) is 0 Å². The van der Waals surface area contributed by atoms with Crippen LogP contribution in [0.3, 0.4) is 0 Å². The van der Waals surface area contributed by atoms with E-state index in [1.165, 1.54) is 6.08 Å². The molecular formula is C23H19NO4. The van der Waals surface area contributed by atoms with Gasteiger partial charge in [-0.25, -0.2) is 4.79 Å². The second-order valence-corrected chi connectivity index (χ2v) is 5.87. The lowest BCUT2D eigenvalue weighted by Crippen LogP contribution is -2.03. The van der Waals surface area contributed by atoms with Gasteiger partial charge in [-0.05, 0) is 77.9 Å². The van der Waals surface area contributed by atoms with Crippen molar-refractivity contribution in [2.75, 3.05) is 7.11 Å². The van der Waals surface area contributed by atoms with Crippen molar-refractivity contribution in [1.82, 2.24) is 0 Å². The third kappa shape index (κ3) is 5.57. The molecule has 0 spiro atoms. The van der Waals surface area contributed by atoms with Crippen molar-refractivity contribution in [1.29, 1.82) is 0 Å². The quantitative estimate of drug-likeness (QED) is 0.292. The van der Waals surface area contributed by atoms with E-state index in [1.807, 2.05) is 24.3 Å². The molecule has 0 atom stereocenters. The number of benzene rings is 3. The van der Waals surface area contributed by atoms with Crippen LogP contribution in [0.4, 0.5) is 5.69 Å². The second-order valence-electron chi connectivity index (χ2n) is 5.87. The number of carbonyl (C=O) groups is 1. The number of ether oxygens (including phenoxy) is 2. The van der Waals surface area contributed by atoms with Crippen molar-refractivity contribution >= 4 is 23.9 Å². The molecule has 3 aromatic carbocycles. The van der Waals surface area contributed by atoms with E-state index in [0.29, 0.717) is 5.75 Å². The molecule has 0 aromatic heterocycles. The largest absolute Gasteiger partial charge is 0.508 e. The maximum atomic E-state index is 12.0. The second kappa shape index (κ2) is 9.19. The Morgan fingerprint density at radius 2 is 1.46 bits per heavy atom. The molecule has 3 aromatic rings. The van der Waals surface area contributed by atoms with Gasteiger partial charge in [0.05, 0.1) is 12.8 Å². The Hall–Kier alpha value is -3.86. The van der Waals surface area contributed by atoms with Gasteiger partial charge >= 0.3 is 5.97 Å². The smallest absolute Gasteiger partial charge is 0.336 e. The summed E-state index contributed by atoms with van der Waals surface area (Å²) in [5.74, 6) is 0.951. The van der Waals surface area contributed by atoms with Crippen molar-refractivity contribution in [3.63, 3.8) is 0 Å². The molecule has 0 radical (unpaired) electrons. The van der Waals surface area contributed by atoms with E-state index >= 15 is 0 Å². The number of esters is 1. The van der Waals surface area contributed by atoms with Crippen LogP contribution in [0, 0.1) is 0 Å². The highest BCUT2D eigenvalue weighted by Crippen LogP contribution is 2.17. The van der Waals surface area contributed by atoms with Crippen molar-refractivity contribution in [3.8, 4) is 17.2 Å². The highest BCUT2D eigenvalue weighted by molar-refractivity contribution is 5.89. The SMILES string of the molecule is COc1ccc(C=CC(=O)Oc2ccc(C=Nc3ccc(O)cc3)cc2)cc1. The van der Waals surface area contributed by atoms with E-state index in [9.17, 15) is 9.90 Å². The number of nitrogens with zero attached hydrogens (tertiary/aromatic N) is 1. The Morgan fingerprint density at radius 3 is 2.11 bits per heavy atom. The van der Waals surface area contributed by atoms with Gasteiger partial charge in [-0.2, -0.15) is 0 Å². The Morgan fingerprint density at radius 1 is 0.857 bits per heavy atom. The summed E-state index contributed by atoms with van der Waals surface area (Å²) in [6, 6.07) is 21.0. The molecule has 5 heteroatoms. The molecule has 3 rings (SSSR count). The zero-order valence-electron chi connectivity index (χ0n) is 15.3. The molecule has 1 N–H and O–H groups in total. The van der Waals surface area contributed by atoms with Crippen LogP contribution in [0.5, 0.6) is 17.2 Å². The topological polar surface area (TPSA) is 68.1 Å². The standard InChI is InChI=1S/C23H19NO4/c1-27-21-11-2-17(3-12-21)6-15-23(26)28-22-13-4-18(5-14-22)16-24-19-7-9-20(25)10-8-19/h2-16,25H,1H3. The normalized spacial score (nSPS) is 11.0. The first-order valence-electron chi connectivity index (χ1n) is 8.59. The number of phenolic OH excluding ortho intramolecular Hbond substituents is 1. The van der Waals surface area contributed by atoms with Crippen LogP contribution in [0.15, 0.2) is 83.9 Å². The molecule has 0 saturated carbocycles. The molecule has 140 valence electrons. The monoisotopic (exact) mass is 373 g/mol. The van der Waals surface area contributed by atoms with Crippen LogP contribution in [0.25, 0.3) is 6.08 Å². The van der Waals surface area contributed by atoms with Crippen molar-refractivity contribution in [3.05, 3.63) is 90.0 Å². The summed E-state index contributed by atoms with van der Waals surface area (Å²) >= 11 is 0. The predicted octanol–water partition coefficient (Wildman–Crippen LogP) is 4.77. The molecule has 5 nitrogen and oxygen atoms in total. The van der Waals surface area contributed by atoms with Crippen LogP contribution >= 0.6 is 0 Å². The summed E-state index contributed by atoms with van der Waals surface area (Å²) in [6.45, 7) is 0. The highest BCUT2D eigenvalue weighted by Gasteiger charge is 2.01. The minimum absolute atomic E-state index is 0.200. The molecule has 28 heavy (non-hydrogen) atoms. The summed E-state index contributed by atoms with van der Waals surface area (Å²) in [7, 11) is 1.60. The fourth-order valence-corrected chi connectivity index (χ4v) is 2.34. The maximum absolute atomic E-state index is 12.0. The van der Waals surface area contributed by atoms with Gasteiger partial charge in [0.1, 0.15) is 17.2 Å². The Labute approximate surface area is 163 Å². The van der Waals surface area contributed by atoms with E-state index in [4.69, 9.17) is 9.47 Å². The van der Waals surface area contributed by atoms with Gasteiger partial charge in [0.15, 0.2) is 0 Å². The third-order valence-corrected chi connectivity index (χ3v) is 3.84. The number of hydrogen-bond acceptors (Lipinski definition) is 5. The van der Waals surface area contributed by atoms with Crippen LogP contribution in [-0.4, -0.2) is 24.4 Å². The van der Waals surface area contributed by atoms with Crippen molar-refractivity contribution in [2.45, 2.75) is 0 Å². The summed E-state index contributed by atoms with van der Waals surface area (Å²) in [4.78, 5) is 16.3. The Bertz CT molecular complexity index is 973. The zero-order valence-corrected chi connectivity index (χ0v) is 15.3. The summed E-state index contributed by atoms with van der Waals surface area (Å²) in [6.07, 6.45) is 4.75. The lowest BCUT2D eigenvalue weighted by Gasteiger charge is -2.02. The minimum atomic E-state index is -0.457. The summed E-state index contributed by atoms with van der Waals surface area (Å²) in [5.41, 5.74) is 2.47. The average molecular weight is 373 g/mol. The number of phenols is 1. The van der Waals surface area contributed by atoms with E-state index in [-0.39, 0.29) is 5.75 Å². The fraction of sp³-hybridized carbons (Fsp3) is 0.0435. The maximum Gasteiger partial charge on any atom is 0.336 e. The number of methoxy groups -OCH3 is 1. The van der Waals surface area contributed by atoms with Gasteiger partial charge in [-0.3, -0.25) is 4.99 Å². The number of aromatic hydroxyl groups is 1. The zero-order chi connectivity index (χ0) is 19.8. The van der Waals surface area contributed by atoms with Crippen LogP contribution in [0.2, 0.25) is 0 Å². The van der Waals surface area contributed by atoms with Crippen LogP contribution in [-0.2, 0) is 4.79 Å². The summed E-state index contributed by atoms with van der Waals surface area (Å²) < 4.78 is 10.4. The lowest BCUT2D eigenvalue weighted by molar-refractivity contribution is -0.128. The third-order valence-electron chi connectivity index (χ3n) is 3.84. The van der Waals surface area contributed by atoms with Gasteiger partial charge in [-0.1, -0.05) is 12.1 Å². The Kier molecular flexibility index (Phi) is 6.21. The van der Waals surface area contributed by atoms with E-state index in [2.05, 4.69) is 4.99 Å². The first-order chi connectivity index (χ1) is 13.6. The molecule has 0 unspecified atom stereocenters. The van der Waals surface area contributed by atoms with Crippen molar-refractivity contribution in [2.24, 2.45) is 4.99 Å². The molecule has 0 amide bonds. The number of carbonyl (C=O) groups excluding carboxylic acids is 1. The molecule has 0 aliphatic heterocycles. The van der Waals surface area contributed by atoms with Gasteiger partial charge in [0.2, 0.25) is 0 Å². The molecule has 0 fully saturated rings. The van der Waals surface area contributed by atoms with E-state index in [1.54, 1.807) is 67.9 Å². The fourth-order valence-electron chi connectivity index (χ4n) is 2.34. The van der Waals surface area contributed by atoms with Crippen LogP contribution < -0.4 is 9.47 Å². The van der Waals surface area contributed by atoms with Gasteiger partial charge < -0.3 is 14.6 Å². The lowest BCUT2D eigenvalue weighted by atomic mass is 10.2. The van der Waals surface area contributed by atoms with Crippen LogP contribution in [0.1, 0.15) is 11.1 Å². The minimum Gasteiger partial charge on any atom is -0.508 e. The van der Waals surface area contributed by atoms with Gasteiger partial charge in [0.25, 0.3) is 0 Å². The number of hydrogen-bond donors (Lipinski definition) is 1. The first kappa shape index (κ1) is 18.9. The number of rotatable bonds is 6. The predicted molar refractivity (Wildman–Crippen MR) is 109 cm³/mol. The molecule has 0 aliphatic carbocycles. The molecule has 0 heterocycles.